The lowest BCUT2D eigenvalue weighted by atomic mass is 10.00. The van der Waals surface area contributed by atoms with Gasteiger partial charge in [-0.05, 0) is 11.5 Å². The lowest BCUT2D eigenvalue weighted by molar-refractivity contribution is 0.351. The molecule has 0 saturated heterocycles. The Hall–Kier alpha value is -2.62. The van der Waals surface area contributed by atoms with Gasteiger partial charge in [0.15, 0.2) is 11.5 Å². The number of ether oxygens (including phenoxy) is 4. The Morgan fingerprint density at radius 3 is 1.95 bits per heavy atom. The summed E-state index contributed by atoms with van der Waals surface area (Å²) in [4.78, 5) is 0. The largest absolute Gasteiger partial charge is 0.496 e. The molecular formula is C18H18O4. The molecule has 114 valence electrons. The third-order valence-corrected chi connectivity index (χ3v) is 3.83. The Morgan fingerprint density at radius 1 is 0.636 bits per heavy atom. The molecule has 22 heavy (non-hydrogen) atoms. The lowest BCUT2D eigenvalue weighted by Crippen LogP contribution is -1.97. The van der Waals surface area contributed by atoms with Crippen molar-refractivity contribution in [3.05, 3.63) is 36.4 Å². The van der Waals surface area contributed by atoms with E-state index in [-0.39, 0.29) is 0 Å². The van der Waals surface area contributed by atoms with E-state index in [0.29, 0.717) is 11.5 Å². The first-order valence-electron chi connectivity index (χ1n) is 6.93. The summed E-state index contributed by atoms with van der Waals surface area (Å²) < 4.78 is 22.2. The first-order chi connectivity index (χ1) is 10.7. The molecule has 3 aromatic carbocycles. The Morgan fingerprint density at radius 2 is 1.32 bits per heavy atom. The van der Waals surface area contributed by atoms with Crippen LogP contribution < -0.4 is 18.9 Å². The van der Waals surface area contributed by atoms with Crippen LogP contribution in [0, 0.1) is 0 Å². The topological polar surface area (TPSA) is 36.9 Å². The maximum absolute atomic E-state index is 5.69. The van der Waals surface area contributed by atoms with Crippen molar-refractivity contribution in [1.82, 2.24) is 0 Å². The van der Waals surface area contributed by atoms with Crippen LogP contribution in [0.4, 0.5) is 0 Å². The molecule has 0 atom stereocenters. The van der Waals surface area contributed by atoms with Gasteiger partial charge in [0.05, 0.1) is 33.8 Å². The van der Waals surface area contributed by atoms with Gasteiger partial charge in [-0.15, -0.1) is 0 Å². The van der Waals surface area contributed by atoms with Gasteiger partial charge in [0, 0.05) is 16.8 Å². The molecule has 4 heteroatoms. The highest BCUT2D eigenvalue weighted by molar-refractivity contribution is 6.11. The van der Waals surface area contributed by atoms with Crippen LogP contribution in [0.5, 0.6) is 23.0 Å². The van der Waals surface area contributed by atoms with E-state index in [9.17, 15) is 0 Å². The second kappa shape index (κ2) is 5.64. The van der Waals surface area contributed by atoms with Crippen molar-refractivity contribution >= 4 is 21.5 Å². The van der Waals surface area contributed by atoms with Crippen LogP contribution in [0.15, 0.2) is 36.4 Å². The third-order valence-electron chi connectivity index (χ3n) is 3.83. The van der Waals surface area contributed by atoms with Crippen LogP contribution in [-0.4, -0.2) is 28.4 Å². The Kier molecular flexibility index (Phi) is 3.67. The second-order valence-electron chi connectivity index (χ2n) is 4.87. The van der Waals surface area contributed by atoms with Crippen molar-refractivity contribution in [2.45, 2.75) is 0 Å². The van der Waals surface area contributed by atoms with Gasteiger partial charge in [-0.2, -0.15) is 0 Å². The zero-order valence-electron chi connectivity index (χ0n) is 13.1. The summed E-state index contributed by atoms with van der Waals surface area (Å²) in [5, 5.41) is 3.87. The zero-order chi connectivity index (χ0) is 15.7. The average Bonchev–Trinajstić information content (AvgIpc) is 2.58. The first-order valence-corrected chi connectivity index (χ1v) is 6.93. The molecular weight excluding hydrogens is 280 g/mol. The van der Waals surface area contributed by atoms with Gasteiger partial charge >= 0.3 is 0 Å². The third kappa shape index (κ3) is 1.99. The van der Waals surface area contributed by atoms with Crippen molar-refractivity contribution in [2.24, 2.45) is 0 Å². The fourth-order valence-corrected chi connectivity index (χ4v) is 2.85. The van der Waals surface area contributed by atoms with Crippen molar-refractivity contribution in [3.8, 4) is 23.0 Å². The normalized spacial score (nSPS) is 10.7. The molecule has 0 unspecified atom stereocenters. The van der Waals surface area contributed by atoms with Crippen molar-refractivity contribution in [3.63, 3.8) is 0 Å². The summed E-state index contributed by atoms with van der Waals surface area (Å²) in [6.07, 6.45) is 0. The van der Waals surface area contributed by atoms with Crippen molar-refractivity contribution in [2.75, 3.05) is 28.4 Å². The van der Waals surface area contributed by atoms with Gasteiger partial charge in [0.2, 0.25) is 0 Å². The number of methoxy groups -OCH3 is 4. The minimum Gasteiger partial charge on any atom is -0.496 e. The maximum Gasteiger partial charge on any atom is 0.172 e. The predicted octanol–water partition coefficient (Wildman–Crippen LogP) is 4.03. The van der Waals surface area contributed by atoms with E-state index in [0.717, 1.165) is 33.0 Å². The van der Waals surface area contributed by atoms with Crippen LogP contribution in [0.1, 0.15) is 0 Å². The molecule has 0 aliphatic heterocycles. The maximum atomic E-state index is 5.69. The molecule has 4 nitrogen and oxygen atoms in total. The van der Waals surface area contributed by atoms with Gasteiger partial charge in [0.1, 0.15) is 11.5 Å². The van der Waals surface area contributed by atoms with E-state index in [2.05, 4.69) is 6.07 Å². The molecule has 3 aromatic rings. The SMILES string of the molecule is COc1cc(OC)c2cc3ccccc3c(OC)c2c1OC. The summed E-state index contributed by atoms with van der Waals surface area (Å²) in [5.41, 5.74) is 0. The molecule has 0 amide bonds. The van der Waals surface area contributed by atoms with E-state index in [4.69, 9.17) is 18.9 Å². The highest BCUT2D eigenvalue weighted by atomic mass is 16.5. The molecule has 0 saturated carbocycles. The molecule has 0 bridgehead atoms. The zero-order valence-corrected chi connectivity index (χ0v) is 13.1. The molecule has 3 rings (SSSR count). The minimum atomic E-state index is 0.612. The van der Waals surface area contributed by atoms with E-state index < -0.39 is 0 Å². The van der Waals surface area contributed by atoms with Crippen LogP contribution in [0.3, 0.4) is 0 Å². The molecule has 0 aromatic heterocycles. The first kappa shape index (κ1) is 14.3. The number of rotatable bonds is 4. The van der Waals surface area contributed by atoms with E-state index in [1.54, 1.807) is 28.4 Å². The quantitative estimate of drug-likeness (QED) is 0.682. The number of hydrogen-bond acceptors (Lipinski definition) is 4. The predicted molar refractivity (Wildman–Crippen MR) is 87.7 cm³/mol. The number of benzene rings is 3. The van der Waals surface area contributed by atoms with Crippen molar-refractivity contribution < 1.29 is 18.9 Å². The van der Waals surface area contributed by atoms with E-state index in [1.165, 1.54) is 0 Å². The summed E-state index contributed by atoms with van der Waals surface area (Å²) in [6, 6.07) is 12.0. The summed E-state index contributed by atoms with van der Waals surface area (Å²) in [5.74, 6) is 2.72. The molecule has 0 fully saturated rings. The van der Waals surface area contributed by atoms with E-state index >= 15 is 0 Å². The van der Waals surface area contributed by atoms with Gasteiger partial charge in [0.25, 0.3) is 0 Å². The van der Waals surface area contributed by atoms with Gasteiger partial charge in [-0.25, -0.2) is 0 Å². The molecule has 0 heterocycles. The summed E-state index contributed by atoms with van der Waals surface area (Å²) >= 11 is 0. The smallest absolute Gasteiger partial charge is 0.172 e. The Balaban J connectivity index is 2.58. The molecule has 0 aliphatic carbocycles. The van der Waals surface area contributed by atoms with Gasteiger partial charge in [-0.3, -0.25) is 0 Å². The summed E-state index contributed by atoms with van der Waals surface area (Å²) in [7, 11) is 6.53. The van der Waals surface area contributed by atoms with E-state index in [1.807, 2.05) is 30.3 Å². The van der Waals surface area contributed by atoms with Crippen LogP contribution in [0.25, 0.3) is 21.5 Å². The monoisotopic (exact) mass is 298 g/mol. The Labute approximate surface area is 129 Å². The van der Waals surface area contributed by atoms with Gasteiger partial charge < -0.3 is 18.9 Å². The van der Waals surface area contributed by atoms with Crippen LogP contribution in [-0.2, 0) is 0 Å². The Bertz CT molecular complexity index is 839. The minimum absolute atomic E-state index is 0.612. The van der Waals surface area contributed by atoms with Crippen molar-refractivity contribution in [1.29, 1.82) is 0 Å². The molecule has 0 aliphatic rings. The fourth-order valence-electron chi connectivity index (χ4n) is 2.85. The molecule has 0 spiro atoms. The molecule has 0 N–H and O–H groups in total. The standard InChI is InChI=1S/C18H18O4/c1-19-14-10-15(20-2)18(22-4)16-13(14)9-11-7-5-6-8-12(11)17(16)21-3/h5-10H,1-4H3. The van der Waals surface area contributed by atoms with Gasteiger partial charge in [-0.1, -0.05) is 24.3 Å². The second-order valence-corrected chi connectivity index (χ2v) is 4.87. The molecule has 0 radical (unpaired) electrons. The average molecular weight is 298 g/mol. The van der Waals surface area contributed by atoms with Crippen LogP contribution >= 0.6 is 0 Å². The lowest BCUT2D eigenvalue weighted by Gasteiger charge is -2.18. The summed E-state index contributed by atoms with van der Waals surface area (Å²) in [6.45, 7) is 0. The highest BCUT2D eigenvalue weighted by Gasteiger charge is 2.20. The fraction of sp³-hybridized carbons (Fsp3) is 0.222. The number of hydrogen-bond donors (Lipinski definition) is 0. The van der Waals surface area contributed by atoms with Crippen LogP contribution in [0.2, 0.25) is 0 Å². The highest BCUT2D eigenvalue weighted by Crippen LogP contribution is 2.48. The number of fused-ring (bicyclic) bond motifs is 2.